The lowest BCUT2D eigenvalue weighted by Gasteiger charge is -2.31. The average molecular weight is 499 g/mol. The Balaban J connectivity index is 1.93. The van der Waals surface area contributed by atoms with Crippen molar-refractivity contribution in [3.05, 3.63) is 23.3 Å². The second-order valence-electron chi connectivity index (χ2n) is 12.9. The maximum absolute atomic E-state index is 13.7. The maximum atomic E-state index is 13.7. The van der Waals surface area contributed by atoms with E-state index in [1.807, 2.05) is 13.8 Å². The van der Waals surface area contributed by atoms with Crippen molar-refractivity contribution in [3.8, 4) is 0 Å². The molecule has 198 valence electrons. The molecule has 0 amide bonds. The summed E-state index contributed by atoms with van der Waals surface area (Å²) in [5, 5.41) is 0. The van der Waals surface area contributed by atoms with Crippen LogP contribution in [0.2, 0.25) is 0 Å². The summed E-state index contributed by atoms with van der Waals surface area (Å²) >= 11 is 0. The van der Waals surface area contributed by atoms with Crippen LogP contribution in [0.1, 0.15) is 87.5 Å². The molecule has 0 aromatic heterocycles. The van der Waals surface area contributed by atoms with Crippen LogP contribution in [-0.2, 0) is 28.7 Å². The Hall–Kier alpha value is -2.24. The third kappa shape index (κ3) is 3.35. The zero-order valence-electron chi connectivity index (χ0n) is 23.2. The topological polar surface area (TPSA) is 86.7 Å². The van der Waals surface area contributed by atoms with Gasteiger partial charge in [0.25, 0.3) is 0 Å². The van der Waals surface area contributed by atoms with Gasteiger partial charge in [0.1, 0.15) is 5.41 Å². The molecule has 0 spiro atoms. The van der Waals surface area contributed by atoms with Crippen LogP contribution in [-0.4, -0.2) is 36.7 Å². The zero-order valence-corrected chi connectivity index (χ0v) is 23.2. The van der Waals surface area contributed by atoms with E-state index in [9.17, 15) is 19.2 Å². The van der Waals surface area contributed by atoms with Crippen molar-refractivity contribution in [1.82, 2.24) is 0 Å². The van der Waals surface area contributed by atoms with Crippen LogP contribution in [0.25, 0.3) is 0 Å². The molecule has 0 heterocycles. The second kappa shape index (κ2) is 8.39. The Morgan fingerprint density at radius 3 is 1.56 bits per heavy atom. The van der Waals surface area contributed by atoms with Crippen LogP contribution in [0.4, 0.5) is 0 Å². The van der Waals surface area contributed by atoms with Gasteiger partial charge in [-0.15, -0.1) is 0 Å². The van der Waals surface area contributed by atoms with E-state index in [2.05, 4.69) is 27.7 Å². The lowest BCUT2D eigenvalue weighted by Crippen LogP contribution is -2.36. The zero-order chi connectivity index (χ0) is 26.9. The molecule has 0 N–H and O–H groups in total. The number of carbonyl (C=O) groups is 4. The predicted octanol–water partition coefficient (Wildman–Crippen LogP) is 5.39. The summed E-state index contributed by atoms with van der Waals surface area (Å²) in [6, 6.07) is 0. The van der Waals surface area contributed by atoms with Gasteiger partial charge in [0.05, 0.1) is 19.6 Å². The van der Waals surface area contributed by atoms with Crippen molar-refractivity contribution >= 4 is 23.5 Å². The molecule has 5 atom stereocenters. The predicted molar refractivity (Wildman–Crippen MR) is 136 cm³/mol. The smallest absolute Gasteiger partial charge is 0.320 e. The number of allylic oxidation sites excluding steroid dienone is 2. The second-order valence-corrected chi connectivity index (χ2v) is 12.9. The van der Waals surface area contributed by atoms with Crippen molar-refractivity contribution in [3.63, 3.8) is 0 Å². The fourth-order valence-corrected chi connectivity index (χ4v) is 7.79. The number of Topliss-reactive ketones (excluding diaryl/α,β-unsaturated/α-hetero) is 2. The largest absolute Gasteiger partial charge is 0.466 e. The van der Waals surface area contributed by atoms with Crippen molar-refractivity contribution in [1.29, 1.82) is 0 Å². The van der Waals surface area contributed by atoms with Crippen LogP contribution in [0.15, 0.2) is 23.3 Å². The Bertz CT molecular complexity index is 1010. The van der Waals surface area contributed by atoms with Crippen LogP contribution in [0.3, 0.4) is 0 Å². The Morgan fingerprint density at radius 1 is 0.806 bits per heavy atom. The molecule has 0 saturated heterocycles. The molecular weight excluding hydrogens is 456 g/mol. The van der Waals surface area contributed by atoms with Gasteiger partial charge in [-0.25, -0.2) is 0 Å². The number of fused-ring (bicyclic) bond motifs is 4. The van der Waals surface area contributed by atoms with Gasteiger partial charge in [-0.05, 0) is 73.3 Å². The molecule has 4 fully saturated rings. The SMILES string of the molecule is CCOC(=O)CC(/C=C1\C(=O)[C@@]2(C)CC[C@H]1C2(C)C)(/C=C1\C(=O)[C@@]2(C)CC[C@@H]1C2(C)C)C(=O)OCC. The lowest BCUT2D eigenvalue weighted by molar-refractivity contribution is -0.156. The first-order valence-electron chi connectivity index (χ1n) is 13.5. The van der Waals surface area contributed by atoms with Gasteiger partial charge in [0, 0.05) is 10.8 Å². The fourth-order valence-electron chi connectivity index (χ4n) is 7.79. The monoisotopic (exact) mass is 498 g/mol. The number of hydrogen-bond donors (Lipinski definition) is 0. The maximum Gasteiger partial charge on any atom is 0.320 e. The molecule has 1 unspecified atom stereocenters. The van der Waals surface area contributed by atoms with Crippen LogP contribution >= 0.6 is 0 Å². The molecule has 36 heavy (non-hydrogen) atoms. The molecule has 4 aliphatic rings. The van der Waals surface area contributed by atoms with Gasteiger partial charge in [-0.3, -0.25) is 19.2 Å². The normalized spacial score (nSPS) is 37.6. The van der Waals surface area contributed by atoms with Crippen molar-refractivity contribution in [2.45, 2.75) is 87.5 Å². The summed E-state index contributed by atoms with van der Waals surface area (Å²) in [4.78, 5) is 54.1. The van der Waals surface area contributed by atoms with Crippen molar-refractivity contribution in [2.24, 2.45) is 38.9 Å². The van der Waals surface area contributed by atoms with Gasteiger partial charge in [0.2, 0.25) is 0 Å². The van der Waals surface area contributed by atoms with Gasteiger partial charge < -0.3 is 9.47 Å². The Morgan fingerprint density at radius 2 is 1.22 bits per heavy atom. The van der Waals surface area contributed by atoms with E-state index < -0.39 is 28.2 Å². The molecule has 0 radical (unpaired) electrons. The minimum absolute atomic E-state index is 0.0194. The van der Waals surface area contributed by atoms with E-state index >= 15 is 0 Å². The average Bonchev–Trinajstić information content (AvgIpc) is 3.27. The van der Waals surface area contributed by atoms with Crippen molar-refractivity contribution < 1.29 is 28.7 Å². The van der Waals surface area contributed by atoms with E-state index in [0.29, 0.717) is 11.1 Å². The number of esters is 2. The molecule has 4 bridgehead atoms. The van der Waals surface area contributed by atoms with E-state index in [1.54, 1.807) is 26.0 Å². The van der Waals surface area contributed by atoms with Gasteiger partial charge in [-0.1, -0.05) is 53.7 Å². The van der Waals surface area contributed by atoms with Gasteiger partial charge in [-0.2, -0.15) is 0 Å². The summed E-state index contributed by atoms with van der Waals surface area (Å²) in [6.45, 7) is 16.2. The van der Waals surface area contributed by atoms with Crippen LogP contribution < -0.4 is 0 Å². The molecule has 0 aromatic carbocycles. The molecule has 0 aliphatic heterocycles. The first kappa shape index (κ1) is 26.8. The highest BCUT2D eigenvalue weighted by Gasteiger charge is 2.66. The summed E-state index contributed by atoms with van der Waals surface area (Å²) < 4.78 is 10.8. The summed E-state index contributed by atoms with van der Waals surface area (Å²) in [6.07, 6.45) is 6.37. The fraction of sp³-hybridized carbons (Fsp3) is 0.733. The number of hydrogen-bond acceptors (Lipinski definition) is 6. The molecule has 4 rings (SSSR count). The van der Waals surface area contributed by atoms with Crippen molar-refractivity contribution in [2.75, 3.05) is 13.2 Å². The van der Waals surface area contributed by atoms with E-state index in [1.165, 1.54) is 0 Å². The first-order valence-corrected chi connectivity index (χ1v) is 13.5. The van der Waals surface area contributed by atoms with Crippen LogP contribution in [0.5, 0.6) is 0 Å². The summed E-state index contributed by atoms with van der Waals surface area (Å²) in [5.74, 6) is -1.14. The number of rotatable bonds is 7. The first-order chi connectivity index (χ1) is 16.6. The molecule has 4 saturated carbocycles. The third-order valence-corrected chi connectivity index (χ3v) is 11.0. The molecule has 6 nitrogen and oxygen atoms in total. The summed E-state index contributed by atoms with van der Waals surface area (Å²) in [7, 11) is 0. The van der Waals surface area contributed by atoms with E-state index in [-0.39, 0.29) is 53.9 Å². The number of ether oxygens (including phenoxy) is 2. The molecule has 0 aromatic rings. The summed E-state index contributed by atoms with van der Waals surface area (Å²) in [5.41, 5.74) is -1.95. The highest BCUT2D eigenvalue weighted by atomic mass is 16.5. The minimum Gasteiger partial charge on any atom is -0.466 e. The minimum atomic E-state index is -1.58. The van der Waals surface area contributed by atoms with E-state index in [4.69, 9.17) is 9.47 Å². The van der Waals surface area contributed by atoms with E-state index in [0.717, 1.165) is 25.7 Å². The number of carbonyl (C=O) groups excluding carboxylic acids is 4. The quantitative estimate of drug-likeness (QED) is 0.345. The third-order valence-electron chi connectivity index (χ3n) is 11.0. The standard InChI is InChI=1S/C30H42O6/c1-9-35-22(31)17-30(25(34)36-10-2,15-18-20-11-13-28(7,23(18)32)26(20,3)4)16-19-21-12-14-29(8,24(19)33)27(21,5)6/h15-16,20-21H,9-14,17H2,1-8H3/b18-15-,19-16-/t20-,21+,28-,29-,30?/m1/s1. The molecular formula is C30H42O6. The number of ketones is 2. The highest BCUT2D eigenvalue weighted by molar-refractivity contribution is 6.07. The van der Waals surface area contributed by atoms with Crippen LogP contribution in [0, 0.1) is 38.9 Å². The molecule has 4 aliphatic carbocycles. The van der Waals surface area contributed by atoms with Gasteiger partial charge in [0.15, 0.2) is 11.6 Å². The van der Waals surface area contributed by atoms with Gasteiger partial charge >= 0.3 is 11.9 Å². The highest BCUT2D eigenvalue weighted by Crippen LogP contribution is 2.67. The molecule has 6 heteroatoms. The lowest BCUT2D eigenvalue weighted by atomic mass is 9.70. The Labute approximate surface area is 215 Å². The Kier molecular flexibility index (Phi) is 6.25.